The molecule has 0 aromatic carbocycles. The minimum atomic E-state index is -1.66. The van der Waals surface area contributed by atoms with E-state index in [-0.39, 0.29) is 6.42 Å². The van der Waals surface area contributed by atoms with Crippen LogP contribution >= 0.6 is 0 Å². The van der Waals surface area contributed by atoms with E-state index in [2.05, 4.69) is 30.1 Å². The molecular formula is C13H22N10O6. The lowest BCUT2D eigenvalue weighted by molar-refractivity contribution is -0.291. The molecule has 2 fully saturated rings. The van der Waals surface area contributed by atoms with Crippen molar-refractivity contribution in [3.8, 4) is 0 Å². The maximum Gasteiger partial charge on any atom is 0.169 e. The predicted octanol–water partition coefficient (Wildman–Crippen LogP) is -0.672. The Morgan fingerprint density at radius 3 is 2.07 bits per heavy atom. The molecule has 1 saturated heterocycles. The molecule has 1 heterocycles. The highest BCUT2D eigenvalue weighted by Crippen LogP contribution is 2.33. The van der Waals surface area contributed by atoms with E-state index in [4.69, 9.17) is 31.8 Å². The highest BCUT2D eigenvalue weighted by molar-refractivity contribution is 5.02. The number of hydrogen-bond acceptors (Lipinski definition) is 10. The summed E-state index contributed by atoms with van der Waals surface area (Å²) in [6.45, 7) is 1.51. The zero-order chi connectivity index (χ0) is 21.7. The minimum Gasteiger partial charge on any atom is -0.390 e. The molecule has 1 aliphatic carbocycles. The molecule has 0 aromatic rings. The van der Waals surface area contributed by atoms with Gasteiger partial charge in [-0.15, -0.1) is 0 Å². The second-order valence-corrected chi connectivity index (χ2v) is 6.87. The highest BCUT2D eigenvalue weighted by Gasteiger charge is 2.50. The molecule has 0 amide bonds. The smallest absolute Gasteiger partial charge is 0.169 e. The van der Waals surface area contributed by atoms with Gasteiger partial charge >= 0.3 is 0 Å². The second-order valence-electron chi connectivity index (χ2n) is 6.87. The summed E-state index contributed by atoms with van der Waals surface area (Å²) in [5.41, 5.74) is 31.9. The summed E-state index contributed by atoms with van der Waals surface area (Å²) in [5, 5.41) is 51.4. The van der Waals surface area contributed by atoms with Gasteiger partial charge in [0, 0.05) is 20.8 Å². The van der Waals surface area contributed by atoms with Gasteiger partial charge in [-0.2, -0.15) is 0 Å². The molecule has 16 heteroatoms. The van der Waals surface area contributed by atoms with Crippen molar-refractivity contribution in [2.45, 2.75) is 80.4 Å². The third-order valence-electron chi connectivity index (χ3n) is 4.94. The molecule has 8 unspecified atom stereocenters. The molecule has 0 bridgehead atoms. The van der Waals surface area contributed by atoms with Crippen molar-refractivity contribution >= 4 is 0 Å². The third-order valence-corrected chi connectivity index (χ3v) is 4.94. The predicted molar refractivity (Wildman–Crippen MR) is 94.6 cm³/mol. The average molecular weight is 414 g/mol. The van der Waals surface area contributed by atoms with Gasteiger partial charge in [-0.05, 0) is 29.9 Å². The van der Waals surface area contributed by atoms with Gasteiger partial charge in [0.1, 0.15) is 24.4 Å². The molecule has 0 radical (unpaired) electrons. The van der Waals surface area contributed by atoms with Gasteiger partial charge in [-0.25, -0.2) is 0 Å². The largest absolute Gasteiger partial charge is 0.390 e. The van der Waals surface area contributed by atoms with Gasteiger partial charge in [0.05, 0.1) is 30.4 Å². The molecule has 11 atom stereocenters. The van der Waals surface area contributed by atoms with E-state index in [0.717, 1.165) is 0 Å². The zero-order valence-electron chi connectivity index (χ0n) is 15.3. The van der Waals surface area contributed by atoms with Crippen LogP contribution in [-0.2, 0) is 9.47 Å². The molecule has 6 N–H and O–H groups in total. The van der Waals surface area contributed by atoms with Crippen molar-refractivity contribution in [2.24, 2.45) is 21.1 Å². The molecule has 1 saturated carbocycles. The van der Waals surface area contributed by atoms with E-state index in [9.17, 15) is 20.4 Å². The van der Waals surface area contributed by atoms with Gasteiger partial charge < -0.3 is 35.6 Å². The molecule has 0 aromatic heterocycles. The number of nitrogens with zero attached hydrogens (tertiary/aromatic N) is 9. The number of ether oxygens (including phenoxy) is 2. The average Bonchev–Trinajstić information content (AvgIpc) is 2.68. The molecule has 1 aliphatic heterocycles. The summed E-state index contributed by atoms with van der Waals surface area (Å²) in [5.74, 6) is 0. The van der Waals surface area contributed by atoms with Crippen LogP contribution in [0.4, 0.5) is 0 Å². The number of hydrogen-bond donors (Lipinski definition) is 5. The number of aliphatic hydroxyl groups is 4. The first-order valence-electron chi connectivity index (χ1n) is 8.68. The number of rotatable bonds is 6. The standard InChI is InChI=1S/C13H22N10O6/c1-3(14)11-10(27)8(25)6(20-23-17)13(28-11)29-12-5(19-22-16)2-4(18-21-15)7(24)9(12)26/h3-13,24-27H,2,14H2,1H3/t3?,4?,5?,6?,7?,8?,9?,10-,11?,12+,13+/m0/s1. The van der Waals surface area contributed by atoms with E-state index in [0.29, 0.717) is 0 Å². The van der Waals surface area contributed by atoms with Gasteiger partial charge in [0.15, 0.2) is 6.29 Å². The van der Waals surface area contributed by atoms with Crippen LogP contribution in [0, 0.1) is 0 Å². The molecule has 0 spiro atoms. The molecule has 16 nitrogen and oxygen atoms in total. The maximum absolute atomic E-state index is 10.4. The van der Waals surface area contributed by atoms with Crippen LogP contribution in [-0.4, -0.2) is 87.5 Å². The Morgan fingerprint density at radius 2 is 1.52 bits per heavy atom. The Labute approximate surface area is 163 Å². The van der Waals surface area contributed by atoms with E-state index < -0.39 is 67.1 Å². The first kappa shape index (κ1) is 22.9. The van der Waals surface area contributed by atoms with Crippen LogP contribution in [0.1, 0.15) is 13.3 Å². The van der Waals surface area contributed by atoms with Crippen molar-refractivity contribution in [3.63, 3.8) is 0 Å². The van der Waals surface area contributed by atoms with Crippen LogP contribution in [0.3, 0.4) is 0 Å². The van der Waals surface area contributed by atoms with Crippen molar-refractivity contribution < 1.29 is 29.9 Å². The Hall–Kier alpha value is -2.35. The summed E-state index contributed by atoms with van der Waals surface area (Å²) in [6, 6.07) is -4.32. The number of aliphatic hydroxyl groups excluding tert-OH is 4. The van der Waals surface area contributed by atoms with Crippen molar-refractivity contribution in [2.75, 3.05) is 0 Å². The van der Waals surface area contributed by atoms with Crippen LogP contribution in [0.2, 0.25) is 0 Å². The fourth-order valence-corrected chi connectivity index (χ4v) is 3.46. The molecule has 2 rings (SSSR count). The number of nitrogens with two attached hydrogens (primary N) is 1. The zero-order valence-corrected chi connectivity index (χ0v) is 15.3. The van der Waals surface area contributed by atoms with E-state index >= 15 is 0 Å². The lowest BCUT2D eigenvalue weighted by atomic mass is 9.84. The molecule has 160 valence electrons. The SMILES string of the molecule is CC(N)C1O[C@H](O[C@@H]2C(N=[N+]=[N-])CC(N=[N+]=[N-])C(O)C2O)C(N=[N+]=[N-])C(O)[C@@H]1O. The normalized spacial score (nSPS) is 43.2. The fraction of sp³-hybridized carbons (Fsp3) is 1.00. The first-order valence-corrected chi connectivity index (χ1v) is 8.68. The summed E-state index contributed by atoms with van der Waals surface area (Å²) >= 11 is 0. The van der Waals surface area contributed by atoms with E-state index in [1.165, 1.54) is 6.92 Å². The molecule has 29 heavy (non-hydrogen) atoms. The second kappa shape index (κ2) is 9.91. The van der Waals surface area contributed by atoms with Crippen LogP contribution in [0.15, 0.2) is 15.3 Å². The van der Waals surface area contributed by atoms with Crippen molar-refractivity contribution in [3.05, 3.63) is 31.3 Å². The topological polar surface area (TPSA) is 272 Å². The van der Waals surface area contributed by atoms with Crippen LogP contribution in [0.5, 0.6) is 0 Å². The van der Waals surface area contributed by atoms with Crippen molar-refractivity contribution in [1.82, 2.24) is 0 Å². The Kier molecular flexibility index (Phi) is 7.84. The van der Waals surface area contributed by atoms with Crippen LogP contribution < -0.4 is 5.73 Å². The van der Waals surface area contributed by atoms with Crippen molar-refractivity contribution in [1.29, 1.82) is 0 Å². The number of azide groups is 3. The lowest BCUT2D eigenvalue weighted by Crippen LogP contribution is -2.64. The van der Waals surface area contributed by atoms with E-state index in [1.807, 2.05) is 0 Å². The first-order chi connectivity index (χ1) is 13.8. The minimum absolute atomic E-state index is 0.141. The monoisotopic (exact) mass is 414 g/mol. The van der Waals surface area contributed by atoms with Gasteiger partial charge in [-0.3, -0.25) is 0 Å². The third kappa shape index (κ3) is 4.80. The summed E-state index contributed by atoms with van der Waals surface area (Å²) in [7, 11) is 0. The highest BCUT2D eigenvalue weighted by atomic mass is 16.7. The van der Waals surface area contributed by atoms with Gasteiger partial charge in [-0.1, -0.05) is 15.3 Å². The van der Waals surface area contributed by atoms with Gasteiger partial charge in [0.25, 0.3) is 0 Å². The quantitative estimate of drug-likeness (QED) is 0.212. The molecular weight excluding hydrogens is 392 g/mol. The Bertz CT molecular complexity index is 721. The summed E-state index contributed by atoms with van der Waals surface area (Å²) < 4.78 is 11.2. The maximum atomic E-state index is 10.4. The fourth-order valence-electron chi connectivity index (χ4n) is 3.46. The van der Waals surface area contributed by atoms with Gasteiger partial charge in [0.2, 0.25) is 0 Å². The Balaban J connectivity index is 2.34. The van der Waals surface area contributed by atoms with Crippen LogP contribution in [0.25, 0.3) is 31.3 Å². The molecule has 2 aliphatic rings. The summed E-state index contributed by atoms with van der Waals surface area (Å²) in [6.07, 6.45) is -10.4. The van der Waals surface area contributed by atoms with E-state index in [1.54, 1.807) is 0 Å². The summed E-state index contributed by atoms with van der Waals surface area (Å²) in [4.78, 5) is 7.85. The Morgan fingerprint density at radius 1 is 0.931 bits per heavy atom. The lowest BCUT2D eigenvalue weighted by Gasteiger charge is -2.46.